The predicted molar refractivity (Wildman–Crippen MR) is 139 cm³/mol. The summed E-state index contributed by atoms with van der Waals surface area (Å²) >= 11 is 0. The third kappa shape index (κ3) is 9.60. The zero-order valence-electron chi connectivity index (χ0n) is 20.0. The number of benzene rings is 3. The quantitative estimate of drug-likeness (QED) is 0.197. The summed E-state index contributed by atoms with van der Waals surface area (Å²) in [5.74, 6) is 0.668. The molecule has 0 aliphatic rings. The molecule has 0 heterocycles. The van der Waals surface area contributed by atoms with Gasteiger partial charge in [-0.05, 0) is 73.2 Å². The van der Waals surface area contributed by atoms with E-state index in [1.807, 2.05) is 30.3 Å². The van der Waals surface area contributed by atoms with Gasteiger partial charge in [0.05, 0.1) is 24.7 Å². The zero-order valence-corrected chi connectivity index (χ0v) is 20.8. The number of phenolic OH excluding ortho intramolecular Hbond substituents is 1. The molecular weight excluding hydrogens is 464 g/mol. The maximum absolute atomic E-state index is 11.4. The molecule has 8 heteroatoms. The molecule has 0 aromatic heterocycles. The van der Waals surface area contributed by atoms with Crippen LogP contribution in [0.2, 0.25) is 0 Å². The minimum absolute atomic E-state index is 0.0440. The van der Waals surface area contributed by atoms with Gasteiger partial charge in [-0.25, -0.2) is 8.42 Å². The van der Waals surface area contributed by atoms with Crippen molar-refractivity contribution < 1.29 is 23.4 Å². The van der Waals surface area contributed by atoms with Crippen LogP contribution in [0.1, 0.15) is 35.6 Å². The van der Waals surface area contributed by atoms with Crippen LogP contribution in [-0.4, -0.2) is 44.6 Å². The second-order valence-corrected chi connectivity index (χ2v) is 10.3. The van der Waals surface area contributed by atoms with Crippen molar-refractivity contribution in [3.8, 4) is 11.5 Å². The van der Waals surface area contributed by atoms with Gasteiger partial charge in [-0.15, -0.1) is 0 Å². The summed E-state index contributed by atoms with van der Waals surface area (Å²) < 4.78 is 30.9. The lowest BCUT2D eigenvalue weighted by Crippen LogP contribution is -2.23. The summed E-state index contributed by atoms with van der Waals surface area (Å²) in [4.78, 5) is 0. The minimum Gasteiger partial charge on any atom is -0.506 e. The molecule has 1 atom stereocenters. The SMILES string of the molecule is CS(=O)(=O)Nc1cc(C(O)CNCCc2ccc(OCCCCc3ccccc3)cc2)ccc1O. The highest BCUT2D eigenvalue weighted by molar-refractivity contribution is 7.92. The van der Waals surface area contributed by atoms with Crippen molar-refractivity contribution in [2.45, 2.75) is 31.8 Å². The Morgan fingerprint density at radius 3 is 2.34 bits per heavy atom. The number of aromatic hydroxyl groups is 1. The predicted octanol–water partition coefficient (Wildman–Crippen LogP) is 4.03. The number of aliphatic hydroxyl groups is 1. The molecule has 0 amide bonds. The van der Waals surface area contributed by atoms with E-state index in [-0.39, 0.29) is 11.4 Å². The number of anilines is 1. The van der Waals surface area contributed by atoms with Gasteiger partial charge in [-0.1, -0.05) is 48.5 Å². The van der Waals surface area contributed by atoms with Crippen LogP contribution in [0, 0.1) is 0 Å². The van der Waals surface area contributed by atoms with E-state index >= 15 is 0 Å². The van der Waals surface area contributed by atoms with Gasteiger partial charge in [0.15, 0.2) is 0 Å². The monoisotopic (exact) mass is 498 g/mol. The molecule has 35 heavy (non-hydrogen) atoms. The van der Waals surface area contributed by atoms with Gasteiger partial charge < -0.3 is 20.3 Å². The lowest BCUT2D eigenvalue weighted by Gasteiger charge is -2.15. The maximum atomic E-state index is 11.4. The number of hydrogen-bond acceptors (Lipinski definition) is 6. The van der Waals surface area contributed by atoms with Crippen LogP contribution in [-0.2, 0) is 22.9 Å². The first kappa shape index (κ1) is 26.5. The topological polar surface area (TPSA) is 108 Å². The Hall–Kier alpha value is -3.07. The first-order chi connectivity index (χ1) is 16.8. The van der Waals surface area contributed by atoms with Crippen molar-refractivity contribution in [3.63, 3.8) is 0 Å². The fourth-order valence-electron chi connectivity index (χ4n) is 3.65. The Morgan fingerprint density at radius 1 is 0.914 bits per heavy atom. The number of hydrogen-bond donors (Lipinski definition) is 4. The van der Waals surface area contributed by atoms with Crippen LogP contribution in [0.4, 0.5) is 5.69 Å². The second kappa shape index (κ2) is 13.1. The van der Waals surface area contributed by atoms with Crippen molar-refractivity contribution in [1.29, 1.82) is 0 Å². The number of phenols is 1. The third-order valence-corrected chi connectivity index (χ3v) is 6.11. The van der Waals surface area contributed by atoms with Crippen LogP contribution in [0.5, 0.6) is 11.5 Å². The fourth-order valence-corrected chi connectivity index (χ4v) is 4.21. The lowest BCUT2D eigenvalue weighted by atomic mass is 10.1. The molecule has 0 bridgehead atoms. The lowest BCUT2D eigenvalue weighted by molar-refractivity contribution is 0.175. The summed E-state index contributed by atoms with van der Waals surface area (Å²) in [7, 11) is -3.53. The van der Waals surface area contributed by atoms with Crippen molar-refractivity contribution in [1.82, 2.24) is 5.32 Å². The molecule has 4 N–H and O–H groups in total. The molecule has 188 valence electrons. The first-order valence-electron chi connectivity index (χ1n) is 11.8. The number of aliphatic hydroxyl groups excluding tert-OH is 1. The van der Waals surface area contributed by atoms with Gasteiger partial charge in [-0.3, -0.25) is 4.72 Å². The number of unbranched alkanes of at least 4 members (excludes halogenated alkanes) is 1. The van der Waals surface area contributed by atoms with E-state index in [2.05, 4.69) is 34.3 Å². The molecule has 0 saturated heterocycles. The van der Waals surface area contributed by atoms with E-state index in [1.54, 1.807) is 6.07 Å². The van der Waals surface area contributed by atoms with E-state index in [0.717, 1.165) is 43.3 Å². The highest BCUT2D eigenvalue weighted by Gasteiger charge is 2.12. The Labute approximate surface area is 207 Å². The Bertz CT molecular complexity index is 1150. The van der Waals surface area contributed by atoms with Gasteiger partial charge in [0, 0.05) is 6.54 Å². The van der Waals surface area contributed by atoms with E-state index in [9.17, 15) is 18.6 Å². The smallest absolute Gasteiger partial charge is 0.229 e. The standard InChI is InChI=1S/C27H34N2O5S/c1-35(32,33)29-25-19-23(12-15-26(25)30)27(31)20-28-17-16-22-10-13-24(14-11-22)34-18-6-5-9-21-7-3-2-4-8-21/h2-4,7-8,10-15,19,27-31H,5-6,9,16-18,20H2,1H3. The molecule has 3 rings (SSSR count). The molecule has 0 aliphatic heterocycles. The molecule has 3 aromatic carbocycles. The maximum Gasteiger partial charge on any atom is 0.229 e. The molecule has 0 aliphatic carbocycles. The highest BCUT2D eigenvalue weighted by atomic mass is 32.2. The Balaban J connectivity index is 1.34. The number of nitrogens with one attached hydrogen (secondary N) is 2. The van der Waals surface area contributed by atoms with Crippen LogP contribution in [0.15, 0.2) is 72.8 Å². The van der Waals surface area contributed by atoms with Crippen LogP contribution >= 0.6 is 0 Å². The second-order valence-electron chi connectivity index (χ2n) is 8.56. The summed E-state index contributed by atoms with van der Waals surface area (Å²) in [5.41, 5.74) is 3.07. The minimum atomic E-state index is -3.53. The summed E-state index contributed by atoms with van der Waals surface area (Å²) in [5, 5.41) is 23.4. The van der Waals surface area contributed by atoms with Crippen molar-refractivity contribution in [2.75, 3.05) is 30.7 Å². The first-order valence-corrected chi connectivity index (χ1v) is 13.6. The zero-order chi connectivity index (χ0) is 25.1. The van der Waals surface area contributed by atoms with Crippen LogP contribution < -0.4 is 14.8 Å². The van der Waals surface area contributed by atoms with Gasteiger partial charge in [0.2, 0.25) is 10.0 Å². The average molecular weight is 499 g/mol. The molecule has 1 unspecified atom stereocenters. The molecule has 7 nitrogen and oxygen atoms in total. The summed E-state index contributed by atoms with van der Waals surface area (Å²) in [6.07, 6.45) is 4.13. The molecule has 0 saturated carbocycles. The van der Waals surface area contributed by atoms with Gasteiger partial charge >= 0.3 is 0 Å². The van der Waals surface area contributed by atoms with E-state index in [0.29, 0.717) is 25.3 Å². The van der Waals surface area contributed by atoms with E-state index in [1.165, 1.54) is 17.7 Å². The van der Waals surface area contributed by atoms with E-state index in [4.69, 9.17) is 4.74 Å². The van der Waals surface area contributed by atoms with Crippen molar-refractivity contribution in [2.24, 2.45) is 0 Å². The average Bonchev–Trinajstić information content (AvgIpc) is 2.83. The molecule has 0 radical (unpaired) electrons. The molecule has 3 aromatic rings. The van der Waals surface area contributed by atoms with Crippen molar-refractivity contribution in [3.05, 3.63) is 89.5 Å². The normalized spacial score (nSPS) is 12.3. The summed E-state index contributed by atoms with van der Waals surface area (Å²) in [6, 6.07) is 22.9. The Morgan fingerprint density at radius 2 is 1.63 bits per heavy atom. The fraction of sp³-hybridized carbons (Fsp3) is 0.333. The van der Waals surface area contributed by atoms with Gasteiger partial charge in [-0.2, -0.15) is 0 Å². The van der Waals surface area contributed by atoms with Gasteiger partial charge in [0.25, 0.3) is 0 Å². The Kier molecular flexibility index (Phi) is 9.96. The number of aryl methyl sites for hydroxylation is 1. The van der Waals surface area contributed by atoms with Gasteiger partial charge in [0.1, 0.15) is 11.5 Å². The largest absolute Gasteiger partial charge is 0.506 e. The van der Waals surface area contributed by atoms with Crippen LogP contribution in [0.25, 0.3) is 0 Å². The number of ether oxygens (including phenoxy) is 1. The van der Waals surface area contributed by atoms with Crippen molar-refractivity contribution >= 4 is 15.7 Å². The molecule has 0 fully saturated rings. The highest BCUT2D eigenvalue weighted by Crippen LogP contribution is 2.27. The number of sulfonamides is 1. The summed E-state index contributed by atoms with van der Waals surface area (Å²) in [6.45, 7) is 1.67. The molecule has 0 spiro atoms. The van der Waals surface area contributed by atoms with E-state index < -0.39 is 16.1 Å². The third-order valence-electron chi connectivity index (χ3n) is 5.52. The molecular formula is C27H34N2O5S. The number of rotatable bonds is 14. The van der Waals surface area contributed by atoms with Crippen LogP contribution in [0.3, 0.4) is 0 Å².